The molecule has 0 atom stereocenters. The first kappa shape index (κ1) is 15.1. The molecule has 1 N–H and O–H groups in total. The van der Waals surface area contributed by atoms with Gasteiger partial charge in [-0.15, -0.1) is 0 Å². The number of ether oxygens (including phenoxy) is 1. The van der Waals surface area contributed by atoms with E-state index < -0.39 is 0 Å². The zero-order valence-corrected chi connectivity index (χ0v) is 13.1. The summed E-state index contributed by atoms with van der Waals surface area (Å²) in [6, 6.07) is 5.97. The van der Waals surface area contributed by atoms with E-state index in [9.17, 15) is 0 Å². The third kappa shape index (κ3) is 4.37. The van der Waals surface area contributed by atoms with Crippen LogP contribution < -0.4 is 15.0 Å². The molecule has 0 unspecified atom stereocenters. The van der Waals surface area contributed by atoms with Crippen molar-refractivity contribution in [2.24, 2.45) is 5.92 Å². The van der Waals surface area contributed by atoms with Gasteiger partial charge in [0.1, 0.15) is 5.82 Å². The lowest BCUT2D eigenvalue weighted by atomic mass is 9.95. The van der Waals surface area contributed by atoms with Crippen LogP contribution in [0.1, 0.15) is 33.6 Å². The molecule has 0 radical (unpaired) electrons. The Morgan fingerprint density at radius 2 is 2.00 bits per heavy atom. The van der Waals surface area contributed by atoms with Crippen LogP contribution in [0.25, 0.3) is 0 Å². The van der Waals surface area contributed by atoms with Crippen LogP contribution in [0.4, 0.5) is 5.82 Å². The molecule has 4 nitrogen and oxygen atoms in total. The van der Waals surface area contributed by atoms with Gasteiger partial charge in [-0.2, -0.15) is 4.98 Å². The summed E-state index contributed by atoms with van der Waals surface area (Å²) < 4.78 is 5.20. The Hall–Kier alpha value is -1.29. The molecule has 1 aromatic rings. The summed E-state index contributed by atoms with van der Waals surface area (Å²) in [4.78, 5) is 6.87. The van der Waals surface area contributed by atoms with Gasteiger partial charge in [-0.25, -0.2) is 0 Å². The van der Waals surface area contributed by atoms with E-state index in [-0.39, 0.29) is 5.54 Å². The van der Waals surface area contributed by atoms with Gasteiger partial charge in [0.05, 0.1) is 7.11 Å². The average molecular weight is 277 g/mol. The molecule has 0 bridgehead atoms. The van der Waals surface area contributed by atoms with Gasteiger partial charge in [0.15, 0.2) is 0 Å². The summed E-state index contributed by atoms with van der Waals surface area (Å²) in [6.45, 7) is 9.95. The summed E-state index contributed by atoms with van der Waals surface area (Å²) >= 11 is 0. The molecule has 1 saturated heterocycles. The highest BCUT2D eigenvalue weighted by atomic mass is 16.5. The molecule has 1 fully saturated rings. The van der Waals surface area contributed by atoms with Gasteiger partial charge >= 0.3 is 0 Å². The largest absolute Gasteiger partial charge is 0.481 e. The maximum absolute atomic E-state index is 5.20. The number of anilines is 1. The molecule has 0 aromatic carbocycles. The first-order valence-electron chi connectivity index (χ1n) is 7.49. The molecule has 0 spiro atoms. The lowest BCUT2D eigenvalue weighted by Gasteiger charge is -2.34. The molecular formula is C16H27N3O. The number of aromatic nitrogens is 1. The van der Waals surface area contributed by atoms with Crippen molar-refractivity contribution in [3.63, 3.8) is 0 Å². The number of methoxy groups -OCH3 is 1. The molecule has 1 aromatic heterocycles. The highest BCUT2D eigenvalue weighted by Crippen LogP contribution is 2.23. The fraction of sp³-hybridized carbons (Fsp3) is 0.688. The summed E-state index contributed by atoms with van der Waals surface area (Å²) in [6.07, 6.45) is 2.45. The van der Waals surface area contributed by atoms with E-state index in [2.05, 4.69) is 42.0 Å². The van der Waals surface area contributed by atoms with Gasteiger partial charge in [0.2, 0.25) is 5.88 Å². The topological polar surface area (TPSA) is 37.4 Å². The highest BCUT2D eigenvalue weighted by molar-refractivity contribution is 5.41. The number of nitrogens with one attached hydrogen (secondary N) is 1. The molecule has 0 amide bonds. The SMILES string of the molecule is COc1cccc(N2CCC(CNC(C)(C)C)CC2)n1. The summed E-state index contributed by atoms with van der Waals surface area (Å²) in [5.74, 6) is 2.50. The molecule has 0 saturated carbocycles. The van der Waals surface area contributed by atoms with Crippen LogP contribution in [-0.4, -0.2) is 37.3 Å². The second-order valence-electron chi connectivity index (χ2n) is 6.60. The second kappa shape index (κ2) is 6.44. The molecule has 1 aliphatic heterocycles. The lowest BCUT2D eigenvalue weighted by Crippen LogP contribution is -2.43. The number of nitrogens with zero attached hydrogens (tertiary/aromatic N) is 2. The first-order chi connectivity index (χ1) is 9.48. The van der Waals surface area contributed by atoms with Gasteiger partial charge in [0, 0.05) is 24.7 Å². The fourth-order valence-corrected chi connectivity index (χ4v) is 2.51. The van der Waals surface area contributed by atoms with Crippen molar-refractivity contribution in [2.45, 2.75) is 39.2 Å². The fourth-order valence-electron chi connectivity index (χ4n) is 2.51. The third-order valence-electron chi connectivity index (χ3n) is 3.78. The van der Waals surface area contributed by atoms with E-state index in [0.29, 0.717) is 5.88 Å². The molecule has 1 aliphatic rings. The Morgan fingerprint density at radius 1 is 1.30 bits per heavy atom. The smallest absolute Gasteiger partial charge is 0.214 e. The van der Waals surface area contributed by atoms with Crippen molar-refractivity contribution in [1.82, 2.24) is 10.3 Å². The van der Waals surface area contributed by atoms with Crippen molar-refractivity contribution in [3.05, 3.63) is 18.2 Å². The number of pyridine rings is 1. The Bertz CT molecular complexity index is 420. The maximum atomic E-state index is 5.20. The van der Waals surface area contributed by atoms with Gasteiger partial charge in [-0.05, 0) is 52.1 Å². The quantitative estimate of drug-likeness (QED) is 0.918. The number of hydrogen-bond donors (Lipinski definition) is 1. The summed E-state index contributed by atoms with van der Waals surface area (Å²) in [5, 5.41) is 3.61. The molecule has 2 heterocycles. The minimum absolute atomic E-state index is 0.214. The van der Waals surface area contributed by atoms with Crippen LogP contribution in [-0.2, 0) is 0 Å². The zero-order chi connectivity index (χ0) is 14.6. The van der Waals surface area contributed by atoms with Crippen molar-refractivity contribution >= 4 is 5.82 Å². The number of piperidine rings is 1. The molecule has 4 heteroatoms. The molecule has 2 rings (SSSR count). The molecule has 20 heavy (non-hydrogen) atoms. The monoisotopic (exact) mass is 277 g/mol. The lowest BCUT2D eigenvalue weighted by molar-refractivity contribution is 0.328. The first-order valence-corrected chi connectivity index (χ1v) is 7.49. The maximum Gasteiger partial charge on any atom is 0.214 e. The third-order valence-corrected chi connectivity index (χ3v) is 3.78. The number of rotatable bonds is 4. The predicted octanol–water partition coefficient (Wildman–Crippen LogP) is 2.69. The Balaban J connectivity index is 1.84. The van der Waals surface area contributed by atoms with Crippen LogP contribution in [0.5, 0.6) is 5.88 Å². The molecule has 0 aliphatic carbocycles. The van der Waals surface area contributed by atoms with E-state index in [4.69, 9.17) is 4.74 Å². The minimum atomic E-state index is 0.214. The van der Waals surface area contributed by atoms with Crippen LogP contribution in [0.15, 0.2) is 18.2 Å². The zero-order valence-electron chi connectivity index (χ0n) is 13.1. The van der Waals surface area contributed by atoms with Gasteiger partial charge in [0.25, 0.3) is 0 Å². The normalized spacial score (nSPS) is 17.3. The summed E-state index contributed by atoms with van der Waals surface area (Å²) in [5.41, 5.74) is 0.214. The van der Waals surface area contributed by atoms with Crippen LogP contribution in [0.2, 0.25) is 0 Å². The van der Waals surface area contributed by atoms with Crippen LogP contribution in [0.3, 0.4) is 0 Å². The van der Waals surface area contributed by atoms with E-state index >= 15 is 0 Å². The average Bonchev–Trinajstić information content (AvgIpc) is 2.45. The van der Waals surface area contributed by atoms with E-state index in [1.807, 2.05) is 12.1 Å². The van der Waals surface area contributed by atoms with Crippen molar-refractivity contribution < 1.29 is 4.74 Å². The van der Waals surface area contributed by atoms with Crippen molar-refractivity contribution in [2.75, 3.05) is 31.6 Å². The van der Waals surface area contributed by atoms with Gasteiger partial charge < -0.3 is 15.0 Å². The Morgan fingerprint density at radius 3 is 2.60 bits per heavy atom. The van der Waals surface area contributed by atoms with E-state index in [1.165, 1.54) is 12.8 Å². The van der Waals surface area contributed by atoms with Crippen LogP contribution in [0, 0.1) is 5.92 Å². The Labute approximate surface area is 122 Å². The van der Waals surface area contributed by atoms with Crippen LogP contribution >= 0.6 is 0 Å². The second-order valence-corrected chi connectivity index (χ2v) is 6.60. The van der Waals surface area contributed by atoms with Crippen molar-refractivity contribution in [1.29, 1.82) is 0 Å². The molecule has 112 valence electrons. The highest BCUT2D eigenvalue weighted by Gasteiger charge is 2.21. The van der Waals surface area contributed by atoms with Gasteiger partial charge in [-0.3, -0.25) is 0 Å². The standard InChI is InChI=1S/C16H27N3O/c1-16(2,3)17-12-13-8-10-19(11-9-13)14-6-5-7-15(18-14)20-4/h5-7,13,17H,8-12H2,1-4H3. The van der Waals surface area contributed by atoms with Crippen molar-refractivity contribution in [3.8, 4) is 5.88 Å². The minimum Gasteiger partial charge on any atom is -0.481 e. The van der Waals surface area contributed by atoms with E-state index in [1.54, 1.807) is 7.11 Å². The Kier molecular flexibility index (Phi) is 4.86. The predicted molar refractivity (Wildman–Crippen MR) is 83.5 cm³/mol. The van der Waals surface area contributed by atoms with Gasteiger partial charge in [-0.1, -0.05) is 6.07 Å². The summed E-state index contributed by atoms with van der Waals surface area (Å²) in [7, 11) is 1.66. The molecular weight excluding hydrogens is 250 g/mol. The van der Waals surface area contributed by atoms with E-state index in [0.717, 1.165) is 31.4 Å². The number of hydrogen-bond acceptors (Lipinski definition) is 4.